The Bertz CT molecular complexity index is 842. The van der Waals surface area contributed by atoms with E-state index in [2.05, 4.69) is 10.2 Å². The largest absolute Gasteiger partial charge is 0.497 e. The van der Waals surface area contributed by atoms with Gasteiger partial charge >= 0.3 is 11.2 Å². The second-order valence-corrected chi connectivity index (χ2v) is 3.89. The third-order valence-corrected chi connectivity index (χ3v) is 2.83. The molecule has 0 radical (unpaired) electrons. The van der Waals surface area contributed by atoms with Gasteiger partial charge in [0, 0.05) is 18.1 Å². The Morgan fingerprint density at radius 1 is 1.16 bits per heavy atom. The lowest BCUT2D eigenvalue weighted by Crippen LogP contribution is -2.22. The molecule has 1 aromatic carbocycles. The first kappa shape index (κ1) is 11.3. The summed E-state index contributed by atoms with van der Waals surface area (Å²) in [6, 6.07) is 7.01. The molecule has 2 heterocycles. The lowest BCUT2D eigenvalue weighted by Gasteiger charge is -2.06. The van der Waals surface area contributed by atoms with Gasteiger partial charge in [0.15, 0.2) is 0 Å². The molecule has 3 rings (SSSR count). The van der Waals surface area contributed by atoms with E-state index >= 15 is 0 Å². The van der Waals surface area contributed by atoms with Crippen LogP contribution in [0.25, 0.3) is 11.3 Å². The van der Waals surface area contributed by atoms with Crippen molar-refractivity contribution in [1.82, 2.24) is 19.2 Å². The number of hydrogen-bond acceptors (Lipinski definition) is 4. The molecule has 7 nitrogen and oxygen atoms in total. The average molecular weight is 258 g/mol. The van der Waals surface area contributed by atoms with Crippen LogP contribution in [0.1, 0.15) is 0 Å². The topological polar surface area (TPSA) is 81.4 Å². The van der Waals surface area contributed by atoms with Crippen molar-refractivity contribution in [2.45, 2.75) is 0 Å². The fourth-order valence-electron chi connectivity index (χ4n) is 1.85. The van der Waals surface area contributed by atoms with E-state index in [0.717, 1.165) is 0 Å². The van der Waals surface area contributed by atoms with Crippen LogP contribution in [0.5, 0.6) is 5.75 Å². The standard InChI is InChI=1S/C12H10N4O3/c1-19-9-4-2-8(3-5-9)15-6-7-16-10(11(15)17)13-14-12(16)18/h2-7H,1H3,(H,14,18). The van der Waals surface area contributed by atoms with Crippen molar-refractivity contribution < 1.29 is 4.74 Å². The Hall–Kier alpha value is -2.83. The Morgan fingerprint density at radius 2 is 1.89 bits per heavy atom. The van der Waals surface area contributed by atoms with Crippen LogP contribution in [0.4, 0.5) is 0 Å². The van der Waals surface area contributed by atoms with Crippen molar-refractivity contribution in [1.29, 1.82) is 0 Å². The van der Waals surface area contributed by atoms with Crippen LogP contribution in [0.2, 0.25) is 0 Å². The molecule has 0 bridgehead atoms. The minimum Gasteiger partial charge on any atom is -0.497 e. The summed E-state index contributed by atoms with van der Waals surface area (Å²) in [7, 11) is 1.57. The second kappa shape index (κ2) is 4.13. The predicted molar refractivity (Wildman–Crippen MR) is 68.0 cm³/mol. The molecule has 0 saturated heterocycles. The Labute approximate surface area is 106 Å². The van der Waals surface area contributed by atoms with Gasteiger partial charge in [-0.15, -0.1) is 5.10 Å². The van der Waals surface area contributed by atoms with E-state index in [0.29, 0.717) is 11.4 Å². The van der Waals surface area contributed by atoms with Crippen molar-refractivity contribution in [3.05, 3.63) is 57.5 Å². The molecule has 2 aromatic heterocycles. The van der Waals surface area contributed by atoms with Crippen LogP contribution in [0.3, 0.4) is 0 Å². The molecular formula is C12H10N4O3. The number of benzene rings is 1. The highest BCUT2D eigenvalue weighted by Gasteiger charge is 2.08. The minimum atomic E-state index is -0.436. The average Bonchev–Trinajstić information content (AvgIpc) is 2.82. The van der Waals surface area contributed by atoms with Crippen molar-refractivity contribution in [2.75, 3.05) is 7.11 Å². The van der Waals surface area contributed by atoms with Gasteiger partial charge in [0.25, 0.3) is 0 Å². The van der Waals surface area contributed by atoms with E-state index in [-0.39, 0.29) is 11.2 Å². The number of nitrogens with one attached hydrogen (secondary N) is 1. The maximum Gasteiger partial charge on any atom is 0.347 e. The summed E-state index contributed by atoms with van der Waals surface area (Å²) >= 11 is 0. The van der Waals surface area contributed by atoms with Crippen LogP contribution in [0.15, 0.2) is 46.2 Å². The fraction of sp³-hybridized carbons (Fsp3) is 0.0833. The van der Waals surface area contributed by atoms with Gasteiger partial charge in [0.05, 0.1) is 7.11 Å². The molecule has 19 heavy (non-hydrogen) atoms. The highest BCUT2D eigenvalue weighted by molar-refractivity contribution is 5.41. The van der Waals surface area contributed by atoms with Crippen molar-refractivity contribution in [2.24, 2.45) is 0 Å². The molecule has 7 heteroatoms. The third kappa shape index (κ3) is 1.71. The lowest BCUT2D eigenvalue weighted by atomic mass is 10.3. The molecule has 1 N–H and O–H groups in total. The summed E-state index contributed by atoms with van der Waals surface area (Å²) in [4.78, 5) is 23.5. The Morgan fingerprint density at radius 3 is 2.58 bits per heavy atom. The van der Waals surface area contributed by atoms with Gasteiger partial charge in [-0.3, -0.25) is 9.36 Å². The smallest absolute Gasteiger partial charge is 0.347 e. The quantitative estimate of drug-likeness (QED) is 0.711. The summed E-state index contributed by atoms with van der Waals surface area (Å²) in [6.07, 6.45) is 3.01. The zero-order valence-electron chi connectivity index (χ0n) is 10.0. The molecule has 0 aliphatic rings. The number of hydrogen-bond donors (Lipinski definition) is 1. The number of nitrogens with zero attached hydrogens (tertiary/aromatic N) is 3. The van der Waals surface area contributed by atoms with Crippen LogP contribution in [0, 0.1) is 0 Å². The first-order valence-electron chi connectivity index (χ1n) is 5.53. The van der Waals surface area contributed by atoms with E-state index in [1.165, 1.54) is 21.4 Å². The number of aromatic amines is 1. The molecule has 0 saturated carbocycles. The fourth-order valence-corrected chi connectivity index (χ4v) is 1.85. The summed E-state index contributed by atoms with van der Waals surface area (Å²) in [6.45, 7) is 0. The van der Waals surface area contributed by atoms with Crippen molar-refractivity contribution >= 4 is 5.65 Å². The third-order valence-electron chi connectivity index (χ3n) is 2.83. The molecule has 0 fully saturated rings. The molecule has 3 aromatic rings. The second-order valence-electron chi connectivity index (χ2n) is 3.89. The van der Waals surface area contributed by atoms with Crippen LogP contribution < -0.4 is 16.0 Å². The van der Waals surface area contributed by atoms with E-state index in [4.69, 9.17) is 4.74 Å². The molecule has 96 valence electrons. The zero-order valence-corrected chi connectivity index (χ0v) is 10.0. The first-order chi connectivity index (χ1) is 9.20. The maximum atomic E-state index is 12.2. The van der Waals surface area contributed by atoms with Gasteiger partial charge in [-0.25, -0.2) is 14.3 Å². The first-order valence-corrected chi connectivity index (χ1v) is 5.53. The summed E-state index contributed by atoms with van der Waals surface area (Å²) in [5.74, 6) is 0.703. The number of ether oxygens (including phenoxy) is 1. The molecule has 0 aliphatic carbocycles. The lowest BCUT2D eigenvalue weighted by molar-refractivity contribution is 0.414. The highest BCUT2D eigenvalue weighted by Crippen LogP contribution is 2.13. The van der Waals surface area contributed by atoms with Gasteiger partial charge in [0.1, 0.15) is 5.75 Å². The van der Waals surface area contributed by atoms with E-state index in [9.17, 15) is 9.59 Å². The Balaban J connectivity index is 2.22. The number of fused-ring (bicyclic) bond motifs is 1. The molecule has 0 unspecified atom stereocenters. The number of methoxy groups -OCH3 is 1. The molecule has 0 atom stereocenters. The van der Waals surface area contributed by atoms with E-state index < -0.39 is 5.69 Å². The highest BCUT2D eigenvalue weighted by atomic mass is 16.5. The molecule has 0 spiro atoms. The van der Waals surface area contributed by atoms with Gasteiger partial charge < -0.3 is 4.74 Å². The molecule has 0 amide bonds. The zero-order chi connectivity index (χ0) is 13.4. The minimum absolute atomic E-state index is 0.0586. The number of aromatic nitrogens is 4. The SMILES string of the molecule is COc1ccc(-n2ccn3c(=O)[nH]nc3c2=O)cc1. The Kier molecular flexibility index (Phi) is 2.45. The summed E-state index contributed by atoms with van der Waals surface area (Å²) in [5.41, 5.74) is -0.0768. The predicted octanol–water partition coefficient (Wildman–Crippen LogP) is 0.182. The van der Waals surface area contributed by atoms with Gasteiger partial charge in [0.2, 0.25) is 5.65 Å². The van der Waals surface area contributed by atoms with Gasteiger partial charge in [-0.2, -0.15) is 0 Å². The molecule has 0 aliphatic heterocycles. The number of H-pyrrole nitrogens is 1. The number of rotatable bonds is 2. The summed E-state index contributed by atoms with van der Waals surface area (Å²) in [5, 5.41) is 5.94. The van der Waals surface area contributed by atoms with Crippen molar-refractivity contribution in [3.8, 4) is 11.4 Å². The van der Waals surface area contributed by atoms with Gasteiger partial charge in [-0.1, -0.05) is 0 Å². The summed E-state index contributed by atoms with van der Waals surface area (Å²) < 4.78 is 7.64. The van der Waals surface area contributed by atoms with Crippen LogP contribution in [-0.2, 0) is 0 Å². The normalized spacial score (nSPS) is 10.8. The van der Waals surface area contributed by atoms with Crippen molar-refractivity contribution in [3.63, 3.8) is 0 Å². The van der Waals surface area contributed by atoms with E-state index in [1.54, 1.807) is 31.4 Å². The molecular weight excluding hydrogens is 248 g/mol. The maximum absolute atomic E-state index is 12.2. The monoisotopic (exact) mass is 258 g/mol. The van der Waals surface area contributed by atoms with Crippen LogP contribution >= 0.6 is 0 Å². The van der Waals surface area contributed by atoms with Gasteiger partial charge in [-0.05, 0) is 24.3 Å². The van der Waals surface area contributed by atoms with E-state index in [1.807, 2.05) is 0 Å². The van der Waals surface area contributed by atoms with Crippen LogP contribution in [-0.4, -0.2) is 26.3 Å².